The summed E-state index contributed by atoms with van der Waals surface area (Å²) in [4.78, 5) is 2.50. The number of hydrogen-bond donors (Lipinski definition) is 1. The maximum Gasteiger partial charge on any atom is 0.0431 e. The van der Waals surface area contributed by atoms with Crippen LogP contribution in [0, 0.1) is 5.92 Å². The third kappa shape index (κ3) is 5.66. The van der Waals surface area contributed by atoms with Gasteiger partial charge in [-0.15, -0.1) is 6.58 Å². The van der Waals surface area contributed by atoms with Crippen LogP contribution in [-0.2, 0) is 0 Å². The molecule has 0 heterocycles. The van der Waals surface area contributed by atoms with Crippen LogP contribution in [0.15, 0.2) is 12.7 Å². The molecular weight excluding hydrogens is 198 g/mol. The van der Waals surface area contributed by atoms with Crippen LogP contribution >= 0.6 is 0 Å². The molecule has 0 aromatic carbocycles. The fraction of sp³-hybridized carbons (Fsp3) is 0.857. The van der Waals surface area contributed by atoms with Crippen molar-refractivity contribution in [2.45, 2.75) is 44.9 Å². The lowest BCUT2D eigenvalue weighted by Gasteiger charge is -2.29. The first-order chi connectivity index (χ1) is 7.86. The molecule has 0 spiro atoms. The normalized spacial score (nSPS) is 17.9. The van der Waals surface area contributed by atoms with Crippen LogP contribution in [0.25, 0.3) is 0 Å². The molecule has 1 N–H and O–H groups in total. The minimum absolute atomic E-state index is 0.325. The van der Waals surface area contributed by atoms with Crippen LogP contribution in [-0.4, -0.2) is 36.2 Å². The molecule has 0 aromatic heterocycles. The second kappa shape index (κ2) is 8.77. The highest BCUT2D eigenvalue weighted by molar-refractivity contribution is 4.77. The molecule has 1 saturated carbocycles. The summed E-state index contributed by atoms with van der Waals surface area (Å²) < 4.78 is 0. The number of unbranched alkanes of at least 4 members (excludes halogenated alkanes) is 1. The largest absolute Gasteiger partial charge is 0.396 e. The van der Waals surface area contributed by atoms with Crippen molar-refractivity contribution in [3.8, 4) is 0 Å². The lowest BCUT2D eigenvalue weighted by Crippen LogP contribution is -2.31. The number of rotatable bonds is 8. The molecule has 94 valence electrons. The quantitative estimate of drug-likeness (QED) is 0.507. The zero-order chi connectivity index (χ0) is 11.6. The molecule has 0 unspecified atom stereocenters. The fourth-order valence-electron chi connectivity index (χ4n) is 2.62. The molecule has 2 nitrogen and oxygen atoms in total. The molecule has 0 aromatic rings. The SMILES string of the molecule is C=CCN(CCCCO)CC1CCCCC1. The molecule has 0 aliphatic heterocycles. The Morgan fingerprint density at radius 2 is 1.94 bits per heavy atom. The predicted molar refractivity (Wildman–Crippen MR) is 69.5 cm³/mol. The molecule has 0 radical (unpaired) electrons. The Labute approximate surface area is 100 Å². The van der Waals surface area contributed by atoms with Crippen molar-refractivity contribution in [2.24, 2.45) is 5.92 Å². The highest BCUT2D eigenvalue weighted by atomic mass is 16.2. The van der Waals surface area contributed by atoms with E-state index in [0.29, 0.717) is 6.61 Å². The molecule has 2 heteroatoms. The summed E-state index contributed by atoms with van der Waals surface area (Å²) >= 11 is 0. The molecule has 1 fully saturated rings. The zero-order valence-corrected chi connectivity index (χ0v) is 10.5. The van der Waals surface area contributed by atoms with Crippen molar-refractivity contribution < 1.29 is 5.11 Å². The average Bonchev–Trinajstić information content (AvgIpc) is 2.31. The Hall–Kier alpha value is -0.340. The van der Waals surface area contributed by atoms with Crippen molar-refractivity contribution in [3.05, 3.63) is 12.7 Å². The summed E-state index contributed by atoms with van der Waals surface area (Å²) in [5, 5.41) is 8.79. The van der Waals surface area contributed by atoms with Crippen LogP contribution in [0.1, 0.15) is 44.9 Å². The minimum Gasteiger partial charge on any atom is -0.396 e. The first kappa shape index (κ1) is 13.7. The summed E-state index contributed by atoms with van der Waals surface area (Å²) in [7, 11) is 0. The van der Waals surface area contributed by atoms with E-state index in [1.807, 2.05) is 6.08 Å². The fourth-order valence-corrected chi connectivity index (χ4v) is 2.62. The van der Waals surface area contributed by atoms with E-state index < -0.39 is 0 Å². The first-order valence-electron chi connectivity index (χ1n) is 6.81. The van der Waals surface area contributed by atoms with E-state index in [1.54, 1.807) is 0 Å². The number of aliphatic hydroxyl groups excluding tert-OH is 1. The van der Waals surface area contributed by atoms with Crippen molar-refractivity contribution in [2.75, 3.05) is 26.2 Å². The van der Waals surface area contributed by atoms with Crippen LogP contribution in [0.3, 0.4) is 0 Å². The molecule has 16 heavy (non-hydrogen) atoms. The topological polar surface area (TPSA) is 23.5 Å². The highest BCUT2D eigenvalue weighted by Crippen LogP contribution is 2.24. The highest BCUT2D eigenvalue weighted by Gasteiger charge is 2.16. The summed E-state index contributed by atoms with van der Waals surface area (Å²) in [6, 6.07) is 0. The van der Waals surface area contributed by atoms with E-state index in [4.69, 9.17) is 5.11 Å². The van der Waals surface area contributed by atoms with Gasteiger partial charge in [0.2, 0.25) is 0 Å². The van der Waals surface area contributed by atoms with Gasteiger partial charge in [-0.25, -0.2) is 0 Å². The van der Waals surface area contributed by atoms with Crippen LogP contribution in [0.4, 0.5) is 0 Å². The van der Waals surface area contributed by atoms with Gasteiger partial charge in [-0.2, -0.15) is 0 Å². The first-order valence-corrected chi connectivity index (χ1v) is 6.81. The van der Waals surface area contributed by atoms with Crippen molar-refractivity contribution in [3.63, 3.8) is 0 Å². The maximum absolute atomic E-state index is 8.79. The lowest BCUT2D eigenvalue weighted by molar-refractivity contribution is 0.205. The maximum atomic E-state index is 8.79. The van der Waals surface area contributed by atoms with E-state index in [1.165, 1.54) is 38.6 Å². The van der Waals surface area contributed by atoms with Gasteiger partial charge >= 0.3 is 0 Å². The van der Waals surface area contributed by atoms with E-state index in [2.05, 4.69) is 11.5 Å². The van der Waals surface area contributed by atoms with Crippen molar-refractivity contribution in [1.82, 2.24) is 4.90 Å². The van der Waals surface area contributed by atoms with E-state index in [0.717, 1.165) is 31.8 Å². The molecule has 0 amide bonds. The van der Waals surface area contributed by atoms with Gasteiger partial charge in [0.1, 0.15) is 0 Å². The summed E-state index contributed by atoms with van der Waals surface area (Å²) in [5.41, 5.74) is 0. The number of hydrogen-bond acceptors (Lipinski definition) is 2. The molecule has 0 saturated heterocycles. The second-order valence-corrected chi connectivity index (χ2v) is 4.98. The molecule has 1 rings (SSSR count). The summed E-state index contributed by atoms with van der Waals surface area (Å²) in [6.45, 7) is 7.51. The van der Waals surface area contributed by atoms with Gasteiger partial charge in [-0.1, -0.05) is 25.3 Å². The Kier molecular flexibility index (Phi) is 7.52. The molecule has 0 bridgehead atoms. The van der Waals surface area contributed by atoms with Gasteiger partial charge in [-0.05, 0) is 38.1 Å². The van der Waals surface area contributed by atoms with E-state index in [-0.39, 0.29) is 0 Å². The van der Waals surface area contributed by atoms with Crippen molar-refractivity contribution >= 4 is 0 Å². The molecule has 0 atom stereocenters. The summed E-state index contributed by atoms with van der Waals surface area (Å²) in [6.07, 6.45) is 11.1. The van der Waals surface area contributed by atoms with E-state index >= 15 is 0 Å². The second-order valence-electron chi connectivity index (χ2n) is 4.98. The van der Waals surface area contributed by atoms with Crippen LogP contribution in [0.5, 0.6) is 0 Å². The predicted octanol–water partition coefficient (Wildman–Crippen LogP) is 2.83. The molecule has 1 aliphatic carbocycles. The number of aliphatic hydroxyl groups is 1. The standard InChI is InChI=1S/C14H27NO/c1-2-10-15(11-6-7-12-16)13-14-8-4-3-5-9-14/h2,14,16H,1,3-13H2. The van der Waals surface area contributed by atoms with Gasteiger partial charge in [0.15, 0.2) is 0 Å². The monoisotopic (exact) mass is 225 g/mol. The Morgan fingerprint density at radius 3 is 2.56 bits per heavy atom. The van der Waals surface area contributed by atoms with Gasteiger partial charge in [0.25, 0.3) is 0 Å². The Balaban J connectivity index is 2.22. The minimum atomic E-state index is 0.325. The lowest BCUT2D eigenvalue weighted by atomic mass is 9.89. The summed E-state index contributed by atoms with van der Waals surface area (Å²) in [5.74, 6) is 0.905. The van der Waals surface area contributed by atoms with Gasteiger partial charge in [0, 0.05) is 19.7 Å². The zero-order valence-electron chi connectivity index (χ0n) is 10.5. The van der Waals surface area contributed by atoms with Gasteiger partial charge < -0.3 is 5.11 Å². The Morgan fingerprint density at radius 1 is 1.19 bits per heavy atom. The van der Waals surface area contributed by atoms with Gasteiger partial charge in [-0.3, -0.25) is 4.90 Å². The third-order valence-electron chi connectivity index (χ3n) is 3.51. The number of nitrogens with zero attached hydrogens (tertiary/aromatic N) is 1. The molecular formula is C14H27NO. The Bertz CT molecular complexity index is 176. The van der Waals surface area contributed by atoms with Crippen LogP contribution < -0.4 is 0 Å². The molecule has 1 aliphatic rings. The van der Waals surface area contributed by atoms with Crippen LogP contribution in [0.2, 0.25) is 0 Å². The smallest absolute Gasteiger partial charge is 0.0431 e. The third-order valence-corrected chi connectivity index (χ3v) is 3.51. The van der Waals surface area contributed by atoms with E-state index in [9.17, 15) is 0 Å². The van der Waals surface area contributed by atoms with Crippen molar-refractivity contribution in [1.29, 1.82) is 0 Å². The average molecular weight is 225 g/mol. The van der Waals surface area contributed by atoms with Gasteiger partial charge in [0.05, 0.1) is 0 Å².